The summed E-state index contributed by atoms with van der Waals surface area (Å²) in [6.07, 6.45) is 3.74. The van der Waals surface area contributed by atoms with Crippen molar-refractivity contribution in [2.24, 2.45) is 11.7 Å². The Bertz CT molecular complexity index is 771. The minimum Gasteiger partial charge on any atom is -0.368 e. The second-order valence-corrected chi connectivity index (χ2v) is 7.17. The first kappa shape index (κ1) is 17.5. The van der Waals surface area contributed by atoms with Crippen LogP contribution in [-0.2, 0) is 16.0 Å². The third-order valence-corrected chi connectivity index (χ3v) is 5.18. The minimum absolute atomic E-state index is 0.0523. The van der Waals surface area contributed by atoms with Crippen molar-refractivity contribution in [1.29, 1.82) is 0 Å². The molecule has 0 saturated carbocycles. The van der Waals surface area contributed by atoms with Gasteiger partial charge in [-0.15, -0.1) is 0 Å². The number of carbonyl (C=O) groups excluding carboxylic acids is 2. The Kier molecular flexibility index (Phi) is 5.37. The molecule has 0 aromatic heterocycles. The second kappa shape index (κ2) is 7.68. The first-order valence-electron chi connectivity index (χ1n) is 9.11. The van der Waals surface area contributed by atoms with Gasteiger partial charge < -0.3 is 10.6 Å². The van der Waals surface area contributed by atoms with Gasteiger partial charge in [-0.25, -0.2) is 0 Å². The van der Waals surface area contributed by atoms with Crippen LogP contribution in [0.1, 0.15) is 38.2 Å². The van der Waals surface area contributed by atoms with Gasteiger partial charge in [0.15, 0.2) is 0 Å². The van der Waals surface area contributed by atoms with Gasteiger partial charge in [0.05, 0.1) is 0 Å². The molecule has 0 bridgehead atoms. The average Bonchev–Trinajstić information content (AvgIpc) is 2.61. The molecule has 1 aliphatic heterocycles. The SMILES string of the molecule is C[C@H]1CCN(C(=O)CCCc2ccc3ccccc3c2)[C@H](C(N)=O)C1. The molecule has 25 heavy (non-hydrogen) atoms. The van der Waals surface area contributed by atoms with Crippen molar-refractivity contribution in [3.05, 3.63) is 48.0 Å². The van der Waals surface area contributed by atoms with Crippen LogP contribution in [-0.4, -0.2) is 29.3 Å². The number of piperidine rings is 1. The first-order chi connectivity index (χ1) is 12.0. The van der Waals surface area contributed by atoms with Crippen LogP contribution < -0.4 is 5.73 Å². The maximum Gasteiger partial charge on any atom is 0.240 e. The Morgan fingerprint density at radius 2 is 1.92 bits per heavy atom. The van der Waals surface area contributed by atoms with E-state index in [0.29, 0.717) is 25.3 Å². The van der Waals surface area contributed by atoms with E-state index in [0.717, 1.165) is 19.3 Å². The highest BCUT2D eigenvalue weighted by atomic mass is 16.2. The highest BCUT2D eigenvalue weighted by Crippen LogP contribution is 2.24. The molecule has 1 saturated heterocycles. The van der Waals surface area contributed by atoms with Crippen molar-refractivity contribution in [1.82, 2.24) is 4.90 Å². The number of amides is 2. The van der Waals surface area contributed by atoms with Crippen LogP contribution in [0.4, 0.5) is 0 Å². The molecular weight excluding hydrogens is 312 g/mol. The average molecular weight is 338 g/mol. The summed E-state index contributed by atoms with van der Waals surface area (Å²) in [5.41, 5.74) is 6.74. The van der Waals surface area contributed by atoms with Gasteiger partial charge in [0.2, 0.25) is 11.8 Å². The van der Waals surface area contributed by atoms with Gasteiger partial charge in [-0.05, 0) is 47.9 Å². The Morgan fingerprint density at radius 3 is 2.68 bits per heavy atom. The summed E-state index contributed by atoms with van der Waals surface area (Å²) in [6, 6.07) is 14.3. The third kappa shape index (κ3) is 4.19. The number of hydrogen-bond donors (Lipinski definition) is 1. The largest absolute Gasteiger partial charge is 0.368 e. The maximum absolute atomic E-state index is 12.5. The lowest BCUT2D eigenvalue weighted by Gasteiger charge is -2.36. The van der Waals surface area contributed by atoms with E-state index in [1.54, 1.807) is 4.90 Å². The first-order valence-corrected chi connectivity index (χ1v) is 9.11. The van der Waals surface area contributed by atoms with E-state index in [-0.39, 0.29) is 11.8 Å². The van der Waals surface area contributed by atoms with Crippen molar-refractivity contribution in [2.45, 2.75) is 45.1 Å². The number of primary amides is 1. The minimum atomic E-state index is -0.433. The lowest BCUT2D eigenvalue weighted by molar-refractivity contribution is -0.142. The molecule has 2 atom stereocenters. The zero-order valence-electron chi connectivity index (χ0n) is 14.8. The Balaban J connectivity index is 1.57. The predicted molar refractivity (Wildman–Crippen MR) is 100.0 cm³/mol. The van der Waals surface area contributed by atoms with E-state index in [9.17, 15) is 9.59 Å². The van der Waals surface area contributed by atoms with Gasteiger partial charge in [-0.2, -0.15) is 0 Å². The number of nitrogens with two attached hydrogens (primary N) is 1. The lowest BCUT2D eigenvalue weighted by atomic mass is 9.91. The normalized spacial score (nSPS) is 20.6. The van der Waals surface area contributed by atoms with E-state index in [4.69, 9.17) is 5.73 Å². The maximum atomic E-state index is 12.5. The molecule has 3 rings (SSSR count). The topological polar surface area (TPSA) is 63.4 Å². The molecule has 0 radical (unpaired) electrons. The monoisotopic (exact) mass is 338 g/mol. The van der Waals surface area contributed by atoms with Crippen molar-refractivity contribution < 1.29 is 9.59 Å². The molecule has 1 aliphatic rings. The predicted octanol–water partition coefficient (Wildman–Crippen LogP) is 3.27. The van der Waals surface area contributed by atoms with Crippen molar-refractivity contribution in [3.63, 3.8) is 0 Å². The van der Waals surface area contributed by atoms with Gasteiger partial charge in [-0.3, -0.25) is 9.59 Å². The van der Waals surface area contributed by atoms with Crippen molar-refractivity contribution >= 4 is 22.6 Å². The van der Waals surface area contributed by atoms with Gasteiger partial charge in [0.25, 0.3) is 0 Å². The third-order valence-electron chi connectivity index (χ3n) is 5.18. The zero-order chi connectivity index (χ0) is 17.8. The standard InChI is InChI=1S/C21H26N2O2/c1-15-11-12-23(19(13-15)21(22)25)20(24)8-4-5-16-9-10-17-6-2-3-7-18(17)14-16/h2-3,6-7,9-10,14-15,19H,4-5,8,11-13H2,1H3,(H2,22,25)/t15-,19-/m0/s1. The molecular formula is C21H26N2O2. The number of nitrogens with zero attached hydrogens (tertiary/aromatic N) is 1. The van der Waals surface area contributed by atoms with Crippen LogP contribution in [0.3, 0.4) is 0 Å². The molecule has 2 amide bonds. The molecule has 2 aromatic carbocycles. The quantitative estimate of drug-likeness (QED) is 0.909. The van der Waals surface area contributed by atoms with Crippen LogP contribution in [0.2, 0.25) is 0 Å². The zero-order valence-corrected chi connectivity index (χ0v) is 14.8. The summed E-state index contributed by atoms with van der Waals surface area (Å²) >= 11 is 0. The summed E-state index contributed by atoms with van der Waals surface area (Å²) < 4.78 is 0. The fourth-order valence-corrected chi connectivity index (χ4v) is 3.69. The Morgan fingerprint density at radius 1 is 1.16 bits per heavy atom. The summed E-state index contributed by atoms with van der Waals surface area (Å²) in [4.78, 5) is 25.9. The highest BCUT2D eigenvalue weighted by Gasteiger charge is 2.32. The van der Waals surface area contributed by atoms with Crippen molar-refractivity contribution in [2.75, 3.05) is 6.54 Å². The van der Waals surface area contributed by atoms with E-state index >= 15 is 0 Å². The van der Waals surface area contributed by atoms with Crippen LogP contribution in [0, 0.1) is 5.92 Å². The number of fused-ring (bicyclic) bond motifs is 1. The molecule has 2 aromatic rings. The smallest absolute Gasteiger partial charge is 0.240 e. The summed E-state index contributed by atoms with van der Waals surface area (Å²) in [5, 5.41) is 2.46. The van der Waals surface area contributed by atoms with Gasteiger partial charge >= 0.3 is 0 Å². The molecule has 4 heteroatoms. The van der Waals surface area contributed by atoms with Gasteiger partial charge in [0, 0.05) is 13.0 Å². The number of hydrogen-bond acceptors (Lipinski definition) is 2. The fourth-order valence-electron chi connectivity index (χ4n) is 3.69. The number of benzene rings is 2. The Hall–Kier alpha value is -2.36. The van der Waals surface area contributed by atoms with Gasteiger partial charge in [0.1, 0.15) is 6.04 Å². The van der Waals surface area contributed by atoms with Crippen LogP contribution in [0.25, 0.3) is 10.8 Å². The molecule has 4 nitrogen and oxygen atoms in total. The molecule has 1 heterocycles. The number of rotatable bonds is 5. The second-order valence-electron chi connectivity index (χ2n) is 7.17. The van der Waals surface area contributed by atoms with Gasteiger partial charge in [-0.1, -0.05) is 49.4 Å². The van der Waals surface area contributed by atoms with Crippen LogP contribution >= 0.6 is 0 Å². The number of aryl methyl sites for hydroxylation is 1. The van der Waals surface area contributed by atoms with Crippen molar-refractivity contribution in [3.8, 4) is 0 Å². The Labute approximate surface area is 149 Å². The molecule has 0 spiro atoms. The van der Waals surface area contributed by atoms with E-state index in [2.05, 4.69) is 37.3 Å². The van der Waals surface area contributed by atoms with E-state index < -0.39 is 6.04 Å². The molecule has 0 aliphatic carbocycles. The van der Waals surface area contributed by atoms with Crippen LogP contribution in [0.15, 0.2) is 42.5 Å². The molecule has 2 N–H and O–H groups in total. The molecule has 132 valence electrons. The van der Waals surface area contributed by atoms with E-state index in [1.807, 2.05) is 12.1 Å². The number of carbonyl (C=O) groups is 2. The highest BCUT2D eigenvalue weighted by molar-refractivity contribution is 5.87. The van der Waals surface area contributed by atoms with Crippen LogP contribution in [0.5, 0.6) is 0 Å². The molecule has 1 fully saturated rings. The summed E-state index contributed by atoms with van der Waals surface area (Å²) in [5.74, 6) is 0.116. The lowest BCUT2D eigenvalue weighted by Crippen LogP contribution is -2.52. The molecule has 0 unspecified atom stereocenters. The number of likely N-dealkylation sites (tertiary alicyclic amines) is 1. The summed E-state index contributed by atoms with van der Waals surface area (Å²) in [7, 11) is 0. The summed E-state index contributed by atoms with van der Waals surface area (Å²) in [6.45, 7) is 2.75. The fraction of sp³-hybridized carbons (Fsp3) is 0.429. The van der Waals surface area contributed by atoms with E-state index in [1.165, 1.54) is 16.3 Å².